The van der Waals surface area contributed by atoms with E-state index in [-0.39, 0.29) is 15.4 Å². The van der Waals surface area contributed by atoms with Gasteiger partial charge < -0.3 is 5.73 Å². The van der Waals surface area contributed by atoms with Crippen LogP contribution in [0.15, 0.2) is 23.1 Å². The van der Waals surface area contributed by atoms with Gasteiger partial charge in [0.2, 0.25) is 10.0 Å². The molecule has 0 aromatic heterocycles. The van der Waals surface area contributed by atoms with Crippen molar-refractivity contribution in [2.45, 2.75) is 31.1 Å². The lowest BCUT2D eigenvalue weighted by atomic mass is 9.97. The van der Waals surface area contributed by atoms with E-state index in [1.165, 1.54) is 22.5 Å². The van der Waals surface area contributed by atoms with Gasteiger partial charge in [0.15, 0.2) is 0 Å². The lowest BCUT2D eigenvalue weighted by Gasteiger charge is -2.31. The topological polar surface area (TPSA) is 63.4 Å². The number of nitrogens with zero attached hydrogens (tertiary/aromatic N) is 1. The summed E-state index contributed by atoms with van der Waals surface area (Å²) in [5, 5.41) is 0. The molecular weight excluding hydrogens is 311 g/mol. The normalized spacial score (nSPS) is 20.4. The number of sulfonamides is 1. The van der Waals surface area contributed by atoms with E-state index in [0.29, 0.717) is 19.0 Å². The molecule has 0 amide bonds. The van der Waals surface area contributed by atoms with Crippen LogP contribution in [0.25, 0.3) is 0 Å². The summed E-state index contributed by atoms with van der Waals surface area (Å²) in [7, 11) is -3.78. The molecule has 2 N–H and O–H groups in total. The average molecular weight is 330 g/mol. The number of nitrogens with two attached hydrogens (primary N) is 1. The second-order valence-corrected chi connectivity index (χ2v) is 7.60. The van der Waals surface area contributed by atoms with Crippen molar-refractivity contribution < 1.29 is 12.8 Å². The summed E-state index contributed by atoms with van der Waals surface area (Å²) >= 11 is 4.81. The van der Waals surface area contributed by atoms with Crippen LogP contribution in [-0.2, 0) is 10.0 Å². The number of rotatable bonds is 4. The molecule has 1 atom stereocenters. The minimum Gasteiger partial charge on any atom is -0.389 e. The minimum absolute atomic E-state index is 0.133. The van der Waals surface area contributed by atoms with E-state index in [4.69, 9.17) is 18.0 Å². The number of halogens is 1. The first-order chi connectivity index (χ1) is 9.87. The molecule has 1 saturated heterocycles. The van der Waals surface area contributed by atoms with Gasteiger partial charge in [0.25, 0.3) is 0 Å². The third-order valence-electron chi connectivity index (χ3n) is 3.90. The molecule has 1 fully saturated rings. The van der Waals surface area contributed by atoms with Crippen LogP contribution in [0, 0.1) is 11.7 Å². The maximum Gasteiger partial charge on any atom is 0.243 e. The Kier molecular flexibility index (Phi) is 4.95. The largest absolute Gasteiger partial charge is 0.389 e. The maximum atomic E-state index is 13.9. The predicted molar refractivity (Wildman–Crippen MR) is 84.1 cm³/mol. The quantitative estimate of drug-likeness (QED) is 0.860. The summed E-state index contributed by atoms with van der Waals surface area (Å²) in [6.07, 6.45) is 2.76. The fraction of sp³-hybridized carbons (Fsp3) is 0.500. The number of piperidine rings is 1. The minimum atomic E-state index is -3.78. The Morgan fingerprint density at radius 2 is 2.24 bits per heavy atom. The molecule has 116 valence electrons. The third kappa shape index (κ3) is 3.25. The molecule has 1 aromatic carbocycles. The summed E-state index contributed by atoms with van der Waals surface area (Å²) < 4.78 is 40.8. The summed E-state index contributed by atoms with van der Waals surface area (Å²) in [5.74, 6) is -0.358. The van der Waals surface area contributed by atoms with E-state index in [1.807, 2.05) is 6.92 Å². The Morgan fingerprint density at radius 3 is 2.86 bits per heavy atom. The third-order valence-corrected chi connectivity index (χ3v) is 6.01. The van der Waals surface area contributed by atoms with Gasteiger partial charge in [0, 0.05) is 13.1 Å². The summed E-state index contributed by atoms with van der Waals surface area (Å²) in [6.45, 7) is 2.96. The number of hydrogen-bond acceptors (Lipinski definition) is 3. The van der Waals surface area contributed by atoms with E-state index in [1.54, 1.807) is 0 Å². The van der Waals surface area contributed by atoms with Crippen molar-refractivity contribution in [1.82, 2.24) is 4.31 Å². The lowest BCUT2D eigenvalue weighted by Crippen LogP contribution is -2.40. The molecule has 0 spiro atoms. The van der Waals surface area contributed by atoms with E-state index in [2.05, 4.69) is 0 Å². The van der Waals surface area contributed by atoms with Crippen molar-refractivity contribution in [2.24, 2.45) is 11.7 Å². The zero-order valence-corrected chi connectivity index (χ0v) is 13.5. The van der Waals surface area contributed by atoms with Crippen LogP contribution in [0.1, 0.15) is 31.7 Å². The molecule has 0 aliphatic carbocycles. The van der Waals surface area contributed by atoms with Gasteiger partial charge in [-0.2, -0.15) is 4.31 Å². The molecule has 0 bridgehead atoms. The summed E-state index contributed by atoms with van der Waals surface area (Å²) in [5.41, 5.74) is 5.31. The van der Waals surface area contributed by atoms with E-state index >= 15 is 0 Å². The van der Waals surface area contributed by atoms with Gasteiger partial charge in [-0.1, -0.05) is 31.6 Å². The first-order valence-corrected chi connectivity index (χ1v) is 8.81. The molecule has 1 aliphatic heterocycles. The van der Waals surface area contributed by atoms with Crippen LogP contribution in [-0.4, -0.2) is 30.8 Å². The molecule has 0 radical (unpaired) electrons. The maximum absolute atomic E-state index is 13.9. The highest BCUT2D eigenvalue weighted by molar-refractivity contribution is 7.89. The summed E-state index contributed by atoms with van der Waals surface area (Å²) in [6, 6.07) is 3.90. The van der Waals surface area contributed by atoms with Crippen molar-refractivity contribution >= 4 is 27.2 Å². The smallest absolute Gasteiger partial charge is 0.243 e. The van der Waals surface area contributed by atoms with Crippen molar-refractivity contribution in [3.8, 4) is 0 Å². The number of benzene rings is 1. The van der Waals surface area contributed by atoms with Crippen LogP contribution < -0.4 is 5.73 Å². The number of hydrogen-bond donors (Lipinski definition) is 1. The van der Waals surface area contributed by atoms with E-state index in [0.717, 1.165) is 19.3 Å². The Balaban J connectivity index is 2.45. The Morgan fingerprint density at radius 1 is 1.52 bits per heavy atom. The van der Waals surface area contributed by atoms with Gasteiger partial charge in [-0.3, -0.25) is 0 Å². The fourth-order valence-electron chi connectivity index (χ4n) is 2.68. The second kappa shape index (κ2) is 6.37. The van der Waals surface area contributed by atoms with Crippen LogP contribution >= 0.6 is 12.2 Å². The van der Waals surface area contributed by atoms with Gasteiger partial charge in [0.05, 0.1) is 10.5 Å². The van der Waals surface area contributed by atoms with Crippen LogP contribution in [0.3, 0.4) is 0 Å². The molecule has 1 heterocycles. The Labute approximate surface area is 130 Å². The van der Waals surface area contributed by atoms with Crippen molar-refractivity contribution in [3.63, 3.8) is 0 Å². The monoisotopic (exact) mass is 330 g/mol. The summed E-state index contributed by atoms with van der Waals surface area (Å²) in [4.78, 5) is -0.373. The number of thiocarbonyl (C=S) groups is 1. The molecule has 2 rings (SSSR count). The second-order valence-electron chi connectivity index (χ2n) is 5.26. The Bertz CT molecular complexity index is 646. The Hall–Kier alpha value is -1.05. The average Bonchev–Trinajstić information content (AvgIpc) is 2.46. The molecule has 0 saturated carbocycles. The van der Waals surface area contributed by atoms with Gasteiger partial charge in [0.1, 0.15) is 10.8 Å². The zero-order chi connectivity index (χ0) is 15.6. The van der Waals surface area contributed by atoms with Crippen molar-refractivity contribution in [3.05, 3.63) is 29.6 Å². The van der Waals surface area contributed by atoms with Crippen molar-refractivity contribution in [1.29, 1.82) is 0 Å². The van der Waals surface area contributed by atoms with Crippen molar-refractivity contribution in [2.75, 3.05) is 13.1 Å². The van der Waals surface area contributed by atoms with Crippen LogP contribution in [0.2, 0.25) is 0 Å². The molecule has 4 nitrogen and oxygen atoms in total. The van der Waals surface area contributed by atoms with Crippen LogP contribution in [0.5, 0.6) is 0 Å². The first-order valence-electron chi connectivity index (χ1n) is 6.96. The van der Waals surface area contributed by atoms with E-state index < -0.39 is 15.8 Å². The molecule has 1 aromatic rings. The van der Waals surface area contributed by atoms with Gasteiger partial charge in [-0.15, -0.1) is 0 Å². The highest BCUT2D eigenvalue weighted by Gasteiger charge is 2.32. The van der Waals surface area contributed by atoms with Crippen LogP contribution in [0.4, 0.5) is 4.39 Å². The first kappa shape index (κ1) is 16.3. The SMILES string of the molecule is CCC1CCCN(S(=O)(=O)c2cccc(F)c2C(N)=S)C1. The lowest BCUT2D eigenvalue weighted by molar-refractivity contribution is 0.261. The highest BCUT2D eigenvalue weighted by atomic mass is 32.2. The zero-order valence-electron chi connectivity index (χ0n) is 11.9. The molecule has 1 unspecified atom stereocenters. The molecule has 21 heavy (non-hydrogen) atoms. The molecular formula is C14H19FN2O2S2. The van der Waals surface area contributed by atoms with Gasteiger partial charge >= 0.3 is 0 Å². The standard InChI is InChI=1S/C14H19FN2O2S2/c1-2-10-5-4-8-17(9-10)21(18,19)12-7-3-6-11(15)13(12)14(16)20/h3,6-7,10H,2,4-5,8-9H2,1H3,(H2,16,20). The predicted octanol–water partition coefficient (Wildman–Crippen LogP) is 2.27. The molecule has 7 heteroatoms. The fourth-order valence-corrected chi connectivity index (χ4v) is 4.72. The molecule has 1 aliphatic rings. The van der Waals surface area contributed by atoms with E-state index in [9.17, 15) is 12.8 Å². The van der Waals surface area contributed by atoms with Gasteiger partial charge in [-0.05, 0) is 30.9 Å². The van der Waals surface area contributed by atoms with Gasteiger partial charge in [-0.25, -0.2) is 12.8 Å². The highest BCUT2D eigenvalue weighted by Crippen LogP contribution is 2.28.